The van der Waals surface area contributed by atoms with Gasteiger partial charge in [-0.2, -0.15) is 0 Å². The molecule has 0 radical (unpaired) electrons. The first kappa shape index (κ1) is 14.5. The molecule has 0 amide bonds. The molecule has 0 saturated carbocycles. The van der Waals surface area contributed by atoms with E-state index in [1.165, 1.54) is 0 Å². The van der Waals surface area contributed by atoms with Gasteiger partial charge in [-0.05, 0) is 37.5 Å². The maximum absolute atomic E-state index is 11.1. The van der Waals surface area contributed by atoms with Crippen LogP contribution >= 0.6 is 0 Å². The lowest BCUT2D eigenvalue weighted by atomic mass is 10.0. The molecule has 0 aliphatic carbocycles. The summed E-state index contributed by atoms with van der Waals surface area (Å²) in [5.74, 6) is 0.553. The Morgan fingerprint density at radius 2 is 2.00 bits per heavy atom. The van der Waals surface area contributed by atoms with Crippen LogP contribution in [-0.2, 0) is 9.53 Å². The summed E-state index contributed by atoms with van der Waals surface area (Å²) in [4.78, 5) is 11.1. The van der Waals surface area contributed by atoms with Crippen molar-refractivity contribution in [2.75, 3.05) is 13.7 Å². The van der Waals surface area contributed by atoms with Gasteiger partial charge >= 0.3 is 5.97 Å². The molecule has 0 aromatic heterocycles. The summed E-state index contributed by atoms with van der Waals surface area (Å²) in [6, 6.07) is 7.27. The fraction of sp³-hybridized carbons (Fsp3) is 0.500. The number of ether oxygens (including phenoxy) is 2. The molecule has 1 N–H and O–H groups in total. The third kappa shape index (κ3) is 4.75. The van der Waals surface area contributed by atoms with Crippen molar-refractivity contribution in [3.63, 3.8) is 0 Å². The predicted octanol–water partition coefficient (Wildman–Crippen LogP) is 2.46. The number of hydrogen-bond acceptors (Lipinski definition) is 4. The van der Waals surface area contributed by atoms with Crippen molar-refractivity contribution in [2.45, 2.75) is 32.3 Å². The Morgan fingerprint density at radius 3 is 2.56 bits per heavy atom. The van der Waals surface area contributed by atoms with Gasteiger partial charge in [0.2, 0.25) is 0 Å². The normalized spacial score (nSPS) is 11.9. The minimum Gasteiger partial charge on any atom is -0.497 e. The van der Waals surface area contributed by atoms with E-state index in [-0.39, 0.29) is 5.97 Å². The summed E-state index contributed by atoms with van der Waals surface area (Å²) < 4.78 is 9.87. The minimum absolute atomic E-state index is 0.209. The van der Waals surface area contributed by atoms with Crippen molar-refractivity contribution in [1.29, 1.82) is 0 Å². The van der Waals surface area contributed by atoms with Crippen molar-refractivity contribution in [3.8, 4) is 5.75 Å². The van der Waals surface area contributed by atoms with E-state index in [1.807, 2.05) is 24.3 Å². The summed E-state index contributed by atoms with van der Waals surface area (Å²) >= 11 is 0. The zero-order valence-corrected chi connectivity index (χ0v) is 10.9. The summed E-state index contributed by atoms with van der Waals surface area (Å²) in [6.45, 7) is 2.18. The number of methoxy groups -OCH3 is 1. The number of carbonyl (C=O) groups excluding carboxylic acids is 1. The molecule has 4 heteroatoms. The van der Waals surface area contributed by atoms with E-state index < -0.39 is 6.10 Å². The van der Waals surface area contributed by atoms with Crippen LogP contribution in [0.1, 0.15) is 37.9 Å². The lowest BCUT2D eigenvalue weighted by Gasteiger charge is -2.11. The van der Waals surface area contributed by atoms with Gasteiger partial charge < -0.3 is 14.6 Å². The van der Waals surface area contributed by atoms with Crippen LogP contribution in [0.2, 0.25) is 0 Å². The largest absolute Gasteiger partial charge is 0.497 e. The third-order valence-electron chi connectivity index (χ3n) is 2.66. The second-order valence-electron chi connectivity index (χ2n) is 3.99. The van der Waals surface area contributed by atoms with Crippen LogP contribution in [0.5, 0.6) is 5.75 Å². The second-order valence-corrected chi connectivity index (χ2v) is 3.99. The fourth-order valence-corrected chi connectivity index (χ4v) is 1.67. The molecule has 0 aliphatic heterocycles. The van der Waals surface area contributed by atoms with Crippen molar-refractivity contribution >= 4 is 5.97 Å². The number of benzene rings is 1. The topological polar surface area (TPSA) is 55.8 Å². The fourth-order valence-electron chi connectivity index (χ4n) is 1.67. The lowest BCUT2D eigenvalue weighted by molar-refractivity contribution is -0.143. The SMILES string of the molecule is CCOC(=O)CCC[C@@H](O)c1ccc(OC)cc1. The number of carbonyl (C=O) groups is 1. The minimum atomic E-state index is -0.551. The summed E-state index contributed by atoms with van der Waals surface area (Å²) in [6.07, 6.45) is 0.962. The summed E-state index contributed by atoms with van der Waals surface area (Å²) in [5, 5.41) is 9.93. The molecule has 18 heavy (non-hydrogen) atoms. The number of hydrogen-bond donors (Lipinski definition) is 1. The Kier molecular flexibility index (Phi) is 6.22. The molecule has 0 unspecified atom stereocenters. The molecule has 1 rings (SSSR count). The Bertz CT molecular complexity index is 359. The highest BCUT2D eigenvalue weighted by Gasteiger charge is 2.09. The van der Waals surface area contributed by atoms with E-state index in [1.54, 1.807) is 14.0 Å². The molecule has 100 valence electrons. The summed E-state index contributed by atoms with van der Waals surface area (Å²) in [5.41, 5.74) is 0.833. The lowest BCUT2D eigenvalue weighted by Crippen LogP contribution is -2.05. The smallest absolute Gasteiger partial charge is 0.305 e. The highest BCUT2D eigenvalue weighted by atomic mass is 16.5. The van der Waals surface area contributed by atoms with Gasteiger partial charge in [-0.3, -0.25) is 4.79 Å². The van der Waals surface area contributed by atoms with Gasteiger partial charge in [0.25, 0.3) is 0 Å². The van der Waals surface area contributed by atoms with Crippen molar-refractivity contribution in [3.05, 3.63) is 29.8 Å². The number of esters is 1. The van der Waals surface area contributed by atoms with Crippen LogP contribution in [0, 0.1) is 0 Å². The van der Waals surface area contributed by atoms with Gasteiger partial charge in [-0.1, -0.05) is 12.1 Å². The van der Waals surface area contributed by atoms with Gasteiger partial charge in [-0.15, -0.1) is 0 Å². The molecular formula is C14H20O4. The van der Waals surface area contributed by atoms with Gasteiger partial charge in [0.1, 0.15) is 5.75 Å². The molecule has 0 bridgehead atoms. The highest BCUT2D eigenvalue weighted by molar-refractivity contribution is 5.69. The zero-order valence-electron chi connectivity index (χ0n) is 10.9. The quantitative estimate of drug-likeness (QED) is 0.757. The van der Waals surface area contributed by atoms with Gasteiger partial charge in [0, 0.05) is 6.42 Å². The highest BCUT2D eigenvalue weighted by Crippen LogP contribution is 2.21. The first-order valence-corrected chi connectivity index (χ1v) is 6.15. The Morgan fingerprint density at radius 1 is 1.33 bits per heavy atom. The average Bonchev–Trinajstić information content (AvgIpc) is 2.39. The van der Waals surface area contributed by atoms with Crippen LogP contribution in [0.3, 0.4) is 0 Å². The Balaban J connectivity index is 2.35. The molecule has 1 atom stereocenters. The Labute approximate surface area is 108 Å². The maximum atomic E-state index is 11.1. The average molecular weight is 252 g/mol. The van der Waals surface area contributed by atoms with E-state index in [4.69, 9.17) is 9.47 Å². The number of aliphatic hydroxyl groups excluding tert-OH is 1. The zero-order chi connectivity index (χ0) is 13.4. The predicted molar refractivity (Wildman–Crippen MR) is 68.4 cm³/mol. The standard InChI is InChI=1S/C14H20O4/c1-3-18-14(16)6-4-5-13(15)11-7-9-12(17-2)10-8-11/h7-10,13,15H,3-6H2,1-2H3/t13-/m1/s1. The molecule has 1 aromatic rings. The summed E-state index contributed by atoms with van der Waals surface area (Å²) in [7, 11) is 1.60. The van der Waals surface area contributed by atoms with Crippen molar-refractivity contribution < 1.29 is 19.4 Å². The van der Waals surface area contributed by atoms with Gasteiger partial charge in [-0.25, -0.2) is 0 Å². The van der Waals surface area contributed by atoms with Crippen molar-refractivity contribution in [1.82, 2.24) is 0 Å². The van der Waals surface area contributed by atoms with Crippen LogP contribution in [0.25, 0.3) is 0 Å². The number of rotatable bonds is 7. The first-order chi connectivity index (χ1) is 8.67. The van der Waals surface area contributed by atoms with Crippen molar-refractivity contribution in [2.24, 2.45) is 0 Å². The van der Waals surface area contributed by atoms with Crippen LogP contribution < -0.4 is 4.74 Å². The molecule has 0 heterocycles. The van der Waals surface area contributed by atoms with E-state index in [0.29, 0.717) is 25.9 Å². The van der Waals surface area contributed by atoms with Crippen LogP contribution in [0.15, 0.2) is 24.3 Å². The first-order valence-electron chi connectivity index (χ1n) is 6.15. The monoisotopic (exact) mass is 252 g/mol. The third-order valence-corrected chi connectivity index (χ3v) is 2.66. The van der Waals surface area contributed by atoms with E-state index in [0.717, 1.165) is 11.3 Å². The van der Waals surface area contributed by atoms with Gasteiger partial charge in [0.15, 0.2) is 0 Å². The van der Waals surface area contributed by atoms with E-state index >= 15 is 0 Å². The van der Waals surface area contributed by atoms with Crippen LogP contribution in [-0.4, -0.2) is 24.8 Å². The van der Waals surface area contributed by atoms with Crippen LogP contribution in [0.4, 0.5) is 0 Å². The molecule has 0 fully saturated rings. The van der Waals surface area contributed by atoms with E-state index in [2.05, 4.69) is 0 Å². The second kappa shape index (κ2) is 7.71. The molecule has 1 aromatic carbocycles. The molecular weight excluding hydrogens is 232 g/mol. The molecule has 0 saturated heterocycles. The maximum Gasteiger partial charge on any atom is 0.305 e. The van der Waals surface area contributed by atoms with Gasteiger partial charge in [0.05, 0.1) is 19.8 Å². The van der Waals surface area contributed by atoms with E-state index in [9.17, 15) is 9.90 Å². The Hall–Kier alpha value is -1.55. The molecule has 0 spiro atoms. The molecule has 4 nitrogen and oxygen atoms in total. The number of aliphatic hydroxyl groups is 1. The molecule has 0 aliphatic rings.